The van der Waals surface area contributed by atoms with Gasteiger partial charge in [-0.2, -0.15) is 9.61 Å². The maximum atomic E-state index is 11.8. The molecule has 0 spiro atoms. The Morgan fingerprint density at radius 2 is 2.09 bits per heavy atom. The Morgan fingerprint density at radius 1 is 1.26 bits per heavy atom. The molecule has 2 aliphatic rings. The summed E-state index contributed by atoms with van der Waals surface area (Å²) in [7, 11) is 5.73. The van der Waals surface area contributed by atoms with Crippen LogP contribution < -0.4 is 11.1 Å². The van der Waals surface area contributed by atoms with E-state index < -0.39 is 5.91 Å². The maximum Gasteiger partial charge on any atom is 0.254 e. The van der Waals surface area contributed by atoms with Gasteiger partial charge in [0.2, 0.25) is 0 Å². The molecule has 5 heterocycles. The number of ether oxygens (including phenoxy) is 1. The van der Waals surface area contributed by atoms with Crippen molar-refractivity contribution < 1.29 is 9.53 Å². The van der Waals surface area contributed by atoms with Crippen LogP contribution in [0, 0.1) is 0 Å². The van der Waals surface area contributed by atoms with Gasteiger partial charge in [0.1, 0.15) is 17.0 Å². The number of primary amides is 1. The van der Waals surface area contributed by atoms with Crippen molar-refractivity contribution in [1.29, 1.82) is 0 Å². The molecule has 1 amide bonds. The standard InChI is InChI=1S/C20H22N8O.C5H10O/c1-22-17-8-16(25-20-14(18(21)29)9-24-28(17)20)15-11-27(12-5-7-26(2)10-12)19-13(15)4-3-6-23-19;1-6-5-3-2-4-5/h3-4,6,8-9,11-12,22H,5,7,10H2,1-2H3,(H2,21,29);5H,2-4H2,1H3. The summed E-state index contributed by atoms with van der Waals surface area (Å²) in [6.07, 6.45) is 11.0. The number of methoxy groups -OCH3 is 1. The summed E-state index contributed by atoms with van der Waals surface area (Å²) >= 11 is 0. The third-order valence-corrected chi connectivity index (χ3v) is 7.00. The molecule has 6 rings (SSSR count). The van der Waals surface area contributed by atoms with Crippen molar-refractivity contribution in [2.75, 3.05) is 39.6 Å². The van der Waals surface area contributed by atoms with Crippen LogP contribution in [0.5, 0.6) is 0 Å². The molecule has 1 unspecified atom stereocenters. The predicted molar refractivity (Wildman–Crippen MR) is 136 cm³/mol. The largest absolute Gasteiger partial charge is 0.381 e. The van der Waals surface area contributed by atoms with Gasteiger partial charge in [-0.15, -0.1) is 0 Å². The first-order valence-electron chi connectivity index (χ1n) is 12.0. The number of hydrogen-bond acceptors (Lipinski definition) is 7. The highest BCUT2D eigenvalue weighted by molar-refractivity contribution is 6.00. The van der Waals surface area contributed by atoms with Crippen LogP contribution in [0.25, 0.3) is 27.9 Å². The molecular formula is C25H32N8O2. The zero-order valence-corrected chi connectivity index (χ0v) is 20.4. The number of fused-ring (bicyclic) bond motifs is 2. The Hall–Kier alpha value is -3.50. The Labute approximate surface area is 204 Å². The monoisotopic (exact) mass is 476 g/mol. The molecule has 1 saturated carbocycles. The first kappa shape index (κ1) is 23.3. The Bertz CT molecular complexity index is 1350. The molecule has 4 aromatic rings. The molecule has 0 aromatic carbocycles. The Kier molecular flexibility index (Phi) is 6.40. The van der Waals surface area contributed by atoms with Crippen molar-refractivity contribution in [3.05, 3.63) is 42.4 Å². The van der Waals surface area contributed by atoms with Crippen molar-refractivity contribution >= 4 is 28.4 Å². The number of amides is 1. The smallest absolute Gasteiger partial charge is 0.254 e. The summed E-state index contributed by atoms with van der Waals surface area (Å²) in [5.41, 5.74) is 8.91. The van der Waals surface area contributed by atoms with Crippen molar-refractivity contribution in [1.82, 2.24) is 29.0 Å². The van der Waals surface area contributed by atoms with Crippen molar-refractivity contribution in [3.63, 3.8) is 0 Å². The van der Waals surface area contributed by atoms with E-state index >= 15 is 0 Å². The van der Waals surface area contributed by atoms with Gasteiger partial charge in [-0.05, 0) is 51.4 Å². The van der Waals surface area contributed by atoms with Crippen LogP contribution in [0.2, 0.25) is 0 Å². The first-order chi connectivity index (χ1) is 17.0. The molecule has 4 aromatic heterocycles. The Morgan fingerprint density at radius 3 is 2.69 bits per heavy atom. The van der Waals surface area contributed by atoms with Crippen molar-refractivity contribution in [2.24, 2.45) is 5.73 Å². The van der Waals surface area contributed by atoms with Crippen LogP contribution in [0.15, 0.2) is 36.8 Å². The summed E-state index contributed by atoms with van der Waals surface area (Å²) in [5, 5.41) is 8.41. The number of carbonyl (C=O) groups is 1. The molecule has 10 nitrogen and oxygen atoms in total. The number of pyridine rings is 1. The fraction of sp³-hybridized carbons (Fsp3) is 0.440. The number of likely N-dealkylation sites (N-methyl/N-ethyl adjacent to an activating group) is 1. The molecule has 10 heteroatoms. The summed E-state index contributed by atoms with van der Waals surface area (Å²) < 4.78 is 8.83. The van der Waals surface area contributed by atoms with Crippen LogP contribution >= 0.6 is 0 Å². The number of carbonyl (C=O) groups excluding carboxylic acids is 1. The number of rotatable bonds is 5. The molecule has 0 bridgehead atoms. The van der Waals surface area contributed by atoms with Gasteiger partial charge in [0.25, 0.3) is 5.91 Å². The molecule has 3 N–H and O–H groups in total. The van der Waals surface area contributed by atoms with E-state index in [0.717, 1.165) is 47.6 Å². The second-order valence-corrected chi connectivity index (χ2v) is 9.25. The first-order valence-corrected chi connectivity index (χ1v) is 12.0. The lowest BCUT2D eigenvalue weighted by atomic mass is 9.96. The van der Waals surface area contributed by atoms with Gasteiger partial charge in [-0.25, -0.2) is 9.97 Å². The van der Waals surface area contributed by atoms with Crippen LogP contribution in [0.1, 0.15) is 42.1 Å². The second kappa shape index (κ2) is 9.63. The minimum Gasteiger partial charge on any atom is -0.381 e. The lowest BCUT2D eigenvalue weighted by Crippen LogP contribution is -2.18. The summed E-state index contributed by atoms with van der Waals surface area (Å²) in [4.78, 5) is 23.6. The van der Waals surface area contributed by atoms with E-state index in [9.17, 15) is 4.79 Å². The van der Waals surface area contributed by atoms with Crippen LogP contribution in [-0.4, -0.2) is 75.4 Å². The Balaban J connectivity index is 0.000000371. The normalized spacial score (nSPS) is 18.4. The fourth-order valence-corrected chi connectivity index (χ4v) is 4.76. The van der Waals surface area contributed by atoms with E-state index in [4.69, 9.17) is 15.5 Å². The molecule has 1 atom stereocenters. The van der Waals surface area contributed by atoms with E-state index in [1.54, 1.807) is 11.6 Å². The third-order valence-electron chi connectivity index (χ3n) is 7.00. The maximum absolute atomic E-state index is 11.8. The highest BCUT2D eigenvalue weighted by atomic mass is 16.5. The summed E-state index contributed by atoms with van der Waals surface area (Å²) in [5.74, 6) is 0.174. The number of nitrogens with one attached hydrogen (secondary N) is 1. The highest BCUT2D eigenvalue weighted by Gasteiger charge is 2.25. The van der Waals surface area contributed by atoms with Crippen molar-refractivity contribution in [3.8, 4) is 11.3 Å². The molecule has 184 valence electrons. The van der Waals surface area contributed by atoms with Gasteiger partial charge in [-0.1, -0.05) is 0 Å². The van der Waals surface area contributed by atoms with Crippen molar-refractivity contribution in [2.45, 2.75) is 37.8 Å². The SMILES string of the molecule is CNc1cc(-c2cn(C3CCN(C)C3)c3ncccc23)nc2c(C(N)=O)cnn12.COC1CCC1. The molecule has 0 radical (unpaired) electrons. The molecule has 1 saturated heterocycles. The van der Waals surface area contributed by atoms with Crippen LogP contribution in [0.4, 0.5) is 5.82 Å². The molecule has 1 aliphatic heterocycles. The number of nitrogens with two attached hydrogens (primary N) is 1. The quantitative estimate of drug-likeness (QED) is 0.455. The van der Waals surface area contributed by atoms with Gasteiger partial charge in [0.15, 0.2) is 5.65 Å². The zero-order valence-electron chi connectivity index (χ0n) is 20.4. The summed E-state index contributed by atoms with van der Waals surface area (Å²) in [6, 6.07) is 6.29. The van der Waals surface area contributed by atoms with Gasteiger partial charge in [0, 0.05) is 56.2 Å². The molecule has 1 aliphatic carbocycles. The zero-order chi connectivity index (χ0) is 24.5. The van der Waals surface area contributed by atoms with Crippen LogP contribution in [-0.2, 0) is 4.74 Å². The molecule has 35 heavy (non-hydrogen) atoms. The predicted octanol–water partition coefficient (Wildman–Crippen LogP) is 2.95. The average Bonchev–Trinajstić information content (AvgIpc) is 3.54. The lowest BCUT2D eigenvalue weighted by Gasteiger charge is -2.22. The van der Waals surface area contributed by atoms with Gasteiger partial charge in [-0.3, -0.25) is 4.79 Å². The van der Waals surface area contributed by atoms with E-state index in [2.05, 4.69) is 44.2 Å². The third kappa shape index (κ3) is 4.35. The minimum atomic E-state index is -0.551. The van der Waals surface area contributed by atoms with E-state index in [-0.39, 0.29) is 0 Å². The van der Waals surface area contributed by atoms with Gasteiger partial charge >= 0.3 is 0 Å². The summed E-state index contributed by atoms with van der Waals surface area (Å²) in [6.45, 7) is 2.06. The molecule has 2 fully saturated rings. The van der Waals surface area contributed by atoms with Crippen LogP contribution in [0.3, 0.4) is 0 Å². The van der Waals surface area contributed by atoms with E-state index in [0.29, 0.717) is 23.4 Å². The minimum absolute atomic E-state index is 0.294. The van der Waals surface area contributed by atoms with E-state index in [1.165, 1.54) is 25.5 Å². The second-order valence-electron chi connectivity index (χ2n) is 9.25. The number of nitrogens with zero attached hydrogens (tertiary/aromatic N) is 6. The number of anilines is 1. The van der Waals surface area contributed by atoms with Gasteiger partial charge < -0.3 is 25.3 Å². The van der Waals surface area contributed by atoms with Gasteiger partial charge in [0.05, 0.1) is 18.0 Å². The number of likely N-dealkylation sites (tertiary alicyclic amines) is 1. The lowest BCUT2D eigenvalue weighted by molar-refractivity contribution is 0.0412. The highest BCUT2D eigenvalue weighted by Crippen LogP contribution is 2.34. The molecular weight excluding hydrogens is 444 g/mol. The average molecular weight is 477 g/mol. The number of aromatic nitrogens is 5. The topological polar surface area (TPSA) is 116 Å². The fourth-order valence-electron chi connectivity index (χ4n) is 4.76. The van der Waals surface area contributed by atoms with E-state index in [1.807, 2.05) is 25.4 Å². The number of hydrogen-bond donors (Lipinski definition) is 2.